The summed E-state index contributed by atoms with van der Waals surface area (Å²) in [6.45, 7) is 1.19. The van der Waals surface area contributed by atoms with Crippen molar-refractivity contribution in [2.24, 2.45) is 0 Å². The highest BCUT2D eigenvalue weighted by atomic mass is 35.5. The van der Waals surface area contributed by atoms with Crippen LogP contribution in [0.15, 0.2) is 0 Å². The van der Waals surface area contributed by atoms with Crippen molar-refractivity contribution in [3.63, 3.8) is 0 Å². The van der Waals surface area contributed by atoms with E-state index in [2.05, 4.69) is 5.32 Å². The molecule has 1 N–H and O–H groups in total. The molecule has 0 heterocycles. The standard InChI is InChI=1S/C9H16ClNO3/c10-4-5-13-6-7-14-9(12)11-8-2-1-3-8/h8H,1-7H2,(H,11,12). The molecule has 4 nitrogen and oxygen atoms in total. The summed E-state index contributed by atoms with van der Waals surface area (Å²) in [4.78, 5) is 11.1. The monoisotopic (exact) mass is 221 g/mol. The van der Waals surface area contributed by atoms with E-state index in [1.165, 1.54) is 6.42 Å². The molecule has 0 saturated heterocycles. The van der Waals surface area contributed by atoms with Crippen molar-refractivity contribution in [3.05, 3.63) is 0 Å². The SMILES string of the molecule is O=C(NC1CCC1)OCCOCCCl. The van der Waals surface area contributed by atoms with Crippen LogP contribution in [-0.2, 0) is 9.47 Å². The number of hydrogen-bond acceptors (Lipinski definition) is 3. The number of halogens is 1. The van der Waals surface area contributed by atoms with Crippen LogP contribution in [0, 0.1) is 0 Å². The maximum Gasteiger partial charge on any atom is 0.407 e. The Labute approximate surface area is 88.9 Å². The number of carbonyl (C=O) groups excluding carboxylic acids is 1. The average Bonchev–Trinajstić information content (AvgIpc) is 2.11. The minimum Gasteiger partial charge on any atom is -0.447 e. The van der Waals surface area contributed by atoms with Crippen molar-refractivity contribution < 1.29 is 14.3 Å². The highest BCUT2D eigenvalue weighted by Gasteiger charge is 2.19. The highest BCUT2D eigenvalue weighted by molar-refractivity contribution is 6.17. The molecular formula is C9H16ClNO3. The number of nitrogens with one attached hydrogen (secondary N) is 1. The third-order valence-corrected chi connectivity index (χ3v) is 2.26. The molecule has 0 atom stereocenters. The molecule has 1 aliphatic rings. The van der Waals surface area contributed by atoms with Crippen LogP contribution < -0.4 is 5.32 Å². The lowest BCUT2D eigenvalue weighted by atomic mass is 9.93. The third-order valence-electron chi connectivity index (χ3n) is 2.11. The first-order chi connectivity index (χ1) is 6.83. The van der Waals surface area contributed by atoms with Gasteiger partial charge in [0.2, 0.25) is 0 Å². The molecule has 0 aromatic rings. The van der Waals surface area contributed by atoms with Crippen molar-refractivity contribution in [1.29, 1.82) is 0 Å². The molecule has 0 radical (unpaired) electrons. The van der Waals surface area contributed by atoms with Crippen molar-refractivity contribution in [3.8, 4) is 0 Å². The summed E-state index contributed by atoms with van der Waals surface area (Å²) < 4.78 is 9.92. The first-order valence-electron chi connectivity index (χ1n) is 4.90. The Morgan fingerprint density at radius 3 is 2.71 bits per heavy atom. The molecule has 0 spiro atoms. The molecular weight excluding hydrogens is 206 g/mol. The molecule has 0 bridgehead atoms. The smallest absolute Gasteiger partial charge is 0.407 e. The summed E-state index contributed by atoms with van der Waals surface area (Å²) in [5.74, 6) is 0.467. The lowest BCUT2D eigenvalue weighted by Gasteiger charge is -2.25. The van der Waals surface area contributed by atoms with Gasteiger partial charge in [-0.05, 0) is 19.3 Å². The van der Waals surface area contributed by atoms with Gasteiger partial charge in [0.25, 0.3) is 0 Å². The van der Waals surface area contributed by atoms with Gasteiger partial charge in [-0.3, -0.25) is 0 Å². The number of alkyl carbamates (subject to hydrolysis) is 1. The van der Waals surface area contributed by atoms with Crippen LogP contribution in [0.4, 0.5) is 4.79 Å². The van der Waals surface area contributed by atoms with Crippen LogP contribution in [0.25, 0.3) is 0 Å². The van der Waals surface area contributed by atoms with Crippen LogP contribution >= 0.6 is 11.6 Å². The molecule has 1 rings (SSSR count). The Balaban J connectivity index is 1.87. The Morgan fingerprint density at radius 1 is 1.36 bits per heavy atom. The fourth-order valence-electron chi connectivity index (χ4n) is 1.11. The normalized spacial score (nSPS) is 16.1. The molecule has 1 aliphatic carbocycles. The van der Waals surface area contributed by atoms with Crippen LogP contribution in [0.5, 0.6) is 0 Å². The van der Waals surface area contributed by atoms with Gasteiger partial charge in [0.15, 0.2) is 0 Å². The van der Waals surface area contributed by atoms with E-state index in [-0.39, 0.29) is 12.7 Å². The van der Waals surface area contributed by atoms with Crippen LogP contribution in [0.2, 0.25) is 0 Å². The minimum atomic E-state index is -0.343. The van der Waals surface area contributed by atoms with Gasteiger partial charge in [-0.15, -0.1) is 11.6 Å². The summed E-state index contributed by atoms with van der Waals surface area (Å²) in [5, 5.41) is 2.76. The van der Waals surface area contributed by atoms with E-state index in [4.69, 9.17) is 21.1 Å². The quantitative estimate of drug-likeness (QED) is 0.547. The van der Waals surface area contributed by atoms with Gasteiger partial charge < -0.3 is 14.8 Å². The lowest BCUT2D eigenvalue weighted by molar-refractivity contribution is 0.0764. The molecule has 0 aromatic carbocycles. The fourth-order valence-corrected chi connectivity index (χ4v) is 1.22. The topological polar surface area (TPSA) is 47.6 Å². The first kappa shape index (κ1) is 11.6. The van der Waals surface area contributed by atoms with Crippen LogP contribution in [0.1, 0.15) is 19.3 Å². The average molecular weight is 222 g/mol. The van der Waals surface area contributed by atoms with E-state index in [9.17, 15) is 4.79 Å². The maximum absolute atomic E-state index is 11.1. The molecule has 1 fully saturated rings. The van der Waals surface area contributed by atoms with E-state index < -0.39 is 0 Å². The summed E-state index contributed by atoms with van der Waals surface area (Å²) in [7, 11) is 0. The number of rotatable bonds is 6. The molecule has 1 amide bonds. The minimum absolute atomic E-state index is 0.287. The van der Waals surface area contributed by atoms with E-state index in [1.54, 1.807) is 0 Å². The Kier molecular flexibility index (Phi) is 5.71. The number of ether oxygens (including phenoxy) is 2. The molecule has 82 valence electrons. The first-order valence-corrected chi connectivity index (χ1v) is 5.43. The molecule has 14 heavy (non-hydrogen) atoms. The predicted octanol–water partition coefficient (Wildman–Crippen LogP) is 1.52. The molecule has 1 saturated carbocycles. The van der Waals surface area contributed by atoms with E-state index in [0.29, 0.717) is 25.1 Å². The Morgan fingerprint density at radius 2 is 2.14 bits per heavy atom. The van der Waals surface area contributed by atoms with E-state index in [1.807, 2.05) is 0 Å². The molecule has 0 aliphatic heterocycles. The molecule has 0 unspecified atom stereocenters. The molecule has 0 aromatic heterocycles. The summed E-state index contributed by atoms with van der Waals surface area (Å²) in [5.41, 5.74) is 0. The largest absolute Gasteiger partial charge is 0.447 e. The second-order valence-electron chi connectivity index (χ2n) is 3.21. The maximum atomic E-state index is 11.1. The van der Waals surface area contributed by atoms with Gasteiger partial charge in [-0.25, -0.2) is 4.79 Å². The van der Waals surface area contributed by atoms with Gasteiger partial charge in [-0.2, -0.15) is 0 Å². The van der Waals surface area contributed by atoms with Crippen molar-refractivity contribution in [2.45, 2.75) is 25.3 Å². The number of hydrogen-bond donors (Lipinski definition) is 1. The van der Waals surface area contributed by atoms with E-state index >= 15 is 0 Å². The fraction of sp³-hybridized carbons (Fsp3) is 0.889. The zero-order valence-corrected chi connectivity index (χ0v) is 8.89. The zero-order valence-electron chi connectivity index (χ0n) is 8.13. The Bertz CT molecular complexity index is 173. The van der Waals surface area contributed by atoms with Crippen LogP contribution in [0.3, 0.4) is 0 Å². The lowest BCUT2D eigenvalue weighted by Crippen LogP contribution is -2.40. The van der Waals surface area contributed by atoms with Gasteiger partial charge in [0, 0.05) is 11.9 Å². The highest BCUT2D eigenvalue weighted by Crippen LogP contribution is 2.17. The van der Waals surface area contributed by atoms with Crippen molar-refractivity contribution in [1.82, 2.24) is 5.32 Å². The number of carbonyl (C=O) groups is 1. The number of amides is 1. The summed E-state index contributed by atoms with van der Waals surface area (Å²) in [6.07, 6.45) is 2.99. The second kappa shape index (κ2) is 6.90. The zero-order chi connectivity index (χ0) is 10.2. The van der Waals surface area contributed by atoms with Gasteiger partial charge in [0.05, 0.1) is 13.2 Å². The van der Waals surface area contributed by atoms with Gasteiger partial charge in [0.1, 0.15) is 6.61 Å². The predicted molar refractivity (Wildman–Crippen MR) is 53.7 cm³/mol. The van der Waals surface area contributed by atoms with Crippen molar-refractivity contribution in [2.75, 3.05) is 25.7 Å². The summed E-state index contributed by atoms with van der Waals surface area (Å²) >= 11 is 5.39. The van der Waals surface area contributed by atoms with Gasteiger partial charge in [-0.1, -0.05) is 0 Å². The molecule has 5 heteroatoms. The third kappa shape index (κ3) is 4.67. The second-order valence-corrected chi connectivity index (χ2v) is 3.59. The Hall–Kier alpha value is -0.480. The van der Waals surface area contributed by atoms with Crippen molar-refractivity contribution >= 4 is 17.7 Å². The van der Waals surface area contributed by atoms with E-state index in [0.717, 1.165) is 12.8 Å². The van der Waals surface area contributed by atoms with Crippen LogP contribution in [-0.4, -0.2) is 37.8 Å². The van der Waals surface area contributed by atoms with Gasteiger partial charge >= 0.3 is 6.09 Å². The summed E-state index contributed by atoms with van der Waals surface area (Å²) in [6, 6.07) is 0.325. The number of alkyl halides is 1.